The van der Waals surface area contributed by atoms with Gasteiger partial charge < -0.3 is 36.0 Å². The number of carboxylic acids is 3. The van der Waals surface area contributed by atoms with Crippen LogP contribution in [0.2, 0.25) is 0 Å². The van der Waals surface area contributed by atoms with Gasteiger partial charge in [0, 0.05) is 13.1 Å². The van der Waals surface area contributed by atoms with E-state index in [4.69, 9.17) is 20.4 Å². The van der Waals surface area contributed by atoms with Crippen LogP contribution in [0.15, 0.2) is 0 Å². The maximum atomic E-state index is 10.9. The number of aliphatic carboxylic acids is 3. The van der Waals surface area contributed by atoms with Gasteiger partial charge in [0.1, 0.15) is 12.1 Å². The van der Waals surface area contributed by atoms with Crippen molar-refractivity contribution >= 4 is 17.9 Å². The summed E-state index contributed by atoms with van der Waals surface area (Å²) in [6, 6.07) is -1.58. The second kappa shape index (κ2) is 9.20. The average molecular weight is 310 g/mol. The van der Waals surface area contributed by atoms with E-state index in [2.05, 4.69) is 10.6 Å². The lowest BCUT2D eigenvalue weighted by molar-refractivity contribution is -0.152. The fourth-order valence-corrected chi connectivity index (χ4v) is 1.36. The van der Waals surface area contributed by atoms with Crippen LogP contribution < -0.4 is 10.6 Å². The molecule has 0 aromatic carbocycles. The molecular formula is C10H18N2O9. The summed E-state index contributed by atoms with van der Waals surface area (Å²) in [4.78, 5) is 31.6. The minimum Gasteiger partial charge on any atom is -0.480 e. The fraction of sp³-hybridized carbons (Fsp3) is 0.700. The van der Waals surface area contributed by atoms with Crippen LogP contribution in [0.5, 0.6) is 0 Å². The molecule has 4 atom stereocenters. The van der Waals surface area contributed by atoms with Gasteiger partial charge in [-0.05, 0) is 0 Å². The smallest absolute Gasteiger partial charge is 0.335 e. The van der Waals surface area contributed by atoms with Gasteiger partial charge in [-0.25, -0.2) is 4.79 Å². The van der Waals surface area contributed by atoms with E-state index in [1.54, 1.807) is 0 Å². The first kappa shape index (κ1) is 19.2. The van der Waals surface area contributed by atoms with Crippen molar-refractivity contribution in [1.29, 1.82) is 0 Å². The van der Waals surface area contributed by atoms with Gasteiger partial charge >= 0.3 is 17.9 Å². The molecule has 0 bridgehead atoms. The number of carboxylic acid groups (broad SMARTS) is 3. The molecule has 11 nitrogen and oxygen atoms in total. The van der Waals surface area contributed by atoms with Crippen LogP contribution in [-0.4, -0.2) is 92.5 Å². The van der Waals surface area contributed by atoms with Crippen molar-refractivity contribution in [3.8, 4) is 0 Å². The van der Waals surface area contributed by atoms with Crippen LogP contribution >= 0.6 is 0 Å². The summed E-state index contributed by atoms with van der Waals surface area (Å²) in [6.07, 6.45) is -5.41. The Morgan fingerprint density at radius 3 is 1.86 bits per heavy atom. The molecule has 0 aliphatic heterocycles. The molecule has 0 aliphatic rings. The van der Waals surface area contributed by atoms with Gasteiger partial charge in [0.15, 0.2) is 6.10 Å². The quantitative estimate of drug-likeness (QED) is 0.184. The number of carbonyl (C=O) groups is 3. The van der Waals surface area contributed by atoms with Crippen molar-refractivity contribution < 1.29 is 45.0 Å². The zero-order valence-corrected chi connectivity index (χ0v) is 10.8. The molecule has 0 heterocycles. The topological polar surface area (TPSA) is 197 Å². The largest absolute Gasteiger partial charge is 0.480 e. The van der Waals surface area contributed by atoms with Crippen molar-refractivity contribution in [1.82, 2.24) is 10.6 Å². The Balaban J connectivity index is 4.39. The van der Waals surface area contributed by atoms with Crippen molar-refractivity contribution in [3.63, 3.8) is 0 Å². The Kier molecular flexibility index (Phi) is 8.42. The van der Waals surface area contributed by atoms with E-state index in [0.29, 0.717) is 0 Å². The standard InChI is InChI=1S/C10H18N2O9/c13-4(1-11-3-6(15)16)7(9(18)19)12-2-5(14)8(17)10(20)21/h4-5,7-8,11-14,17H,1-3H2,(H,15,16)(H,18,19)(H,20,21). The summed E-state index contributed by atoms with van der Waals surface area (Å²) in [5.41, 5.74) is 0. The molecule has 0 saturated carbocycles. The summed E-state index contributed by atoms with van der Waals surface area (Å²) in [5.74, 6) is -4.36. The molecular weight excluding hydrogens is 292 g/mol. The van der Waals surface area contributed by atoms with E-state index in [9.17, 15) is 24.6 Å². The lowest BCUT2D eigenvalue weighted by atomic mass is 10.1. The highest BCUT2D eigenvalue weighted by Gasteiger charge is 2.29. The van der Waals surface area contributed by atoms with Gasteiger partial charge in [-0.3, -0.25) is 14.9 Å². The summed E-state index contributed by atoms with van der Waals surface area (Å²) in [6.45, 7) is -1.43. The normalized spacial score (nSPS) is 16.7. The maximum absolute atomic E-state index is 10.9. The van der Waals surface area contributed by atoms with Gasteiger partial charge in [0.25, 0.3) is 0 Å². The number of aliphatic hydroxyl groups excluding tert-OH is 3. The molecule has 122 valence electrons. The van der Waals surface area contributed by atoms with Crippen LogP contribution in [0.1, 0.15) is 0 Å². The van der Waals surface area contributed by atoms with Crippen molar-refractivity contribution in [2.75, 3.05) is 19.6 Å². The fourth-order valence-electron chi connectivity index (χ4n) is 1.36. The first-order valence-electron chi connectivity index (χ1n) is 5.82. The minimum absolute atomic E-state index is 0.353. The highest BCUT2D eigenvalue weighted by Crippen LogP contribution is 1.97. The molecule has 0 rings (SSSR count). The van der Waals surface area contributed by atoms with Gasteiger partial charge in [0.05, 0.1) is 12.6 Å². The third-order valence-corrected chi connectivity index (χ3v) is 2.44. The van der Waals surface area contributed by atoms with Gasteiger partial charge in [-0.2, -0.15) is 0 Å². The molecule has 11 heteroatoms. The molecule has 0 spiro atoms. The Morgan fingerprint density at radius 2 is 1.43 bits per heavy atom. The SMILES string of the molecule is O=C(O)CNCC(O)C(NCC(O)C(O)C(=O)O)C(=O)O. The first-order chi connectivity index (χ1) is 9.66. The third kappa shape index (κ3) is 7.53. The van der Waals surface area contributed by atoms with Crippen LogP contribution in [0, 0.1) is 0 Å². The lowest BCUT2D eigenvalue weighted by Crippen LogP contribution is -2.53. The van der Waals surface area contributed by atoms with E-state index in [-0.39, 0.29) is 6.54 Å². The van der Waals surface area contributed by atoms with E-state index in [1.165, 1.54) is 0 Å². The zero-order chi connectivity index (χ0) is 16.6. The second-order valence-corrected chi connectivity index (χ2v) is 4.17. The predicted octanol–water partition coefficient (Wildman–Crippen LogP) is -4.13. The molecule has 0 saturated heterocycles. The van der Waals surface area contributed by atoms with E-state index in [0.717, 1.165) is 0 Å². The Hall–Kier alpha value is -1.79. The number of hydrogen-bond donors (Lipinski definition) is 8. The van der Waals surface area contributed by atoms with Crippen LogP contribution in [0.4, 0.5) is 0 Å². The number of rotatable bonds is 11. The van der Waals surface area contributed by atoms with Crippen LogP contribution in [0.3, 0.4) is 0 Å². The number of aliphatic hydroxyl groups is 3. The van der Waals surface area contributed by atoms with Crippen molar-refractivity contribution in [2.45, 2.75) is 24.4 Å². The highest BCUT2D eigenvalue weighted by atomic mass is 16.4. The van der Waals surface area contributed by atoms with Gasteiger partial charge in [-0.15, -0.1) is 0 Å². The highest BCUT2D eigenvalue weighted by molar-refractivity contribution is 5.74. The maximum Gasteiger partial charge on any atom is 0.335 e. The van der Waals surface area contributed by atoms with E-state index < -0.39 is 55.4 Å². The molecule has 0 aromatic rings. The van der Waals surface area contributed by atoms with E-state index >= 15 is 0 Å². The third-order valence-electron chi connectivity index (χ3n) is 2.44. The Morgan fingerprint density at radius 1 is 0.857 bits per heavy atom. The van der Waals surface area contributed by atoms with Crippen LogP contribution in [0.25, 0.3) is 0 Å². The molecule has 4 unspecified atom stereocenters. The predicted molar refractivity (Wildman–Crippen MR) is 65.6 cm³/mol. The monoisotopic (exact) mass is 310 g/mol. The molecule has 0 amide bonds. The average Bonchev–Trinajstić information content (AvgIpc) is 2.36. The second-order valence-electron chi connectivity index (χ2n) is 4.17. The molecule has 21 heavy (non-hydrogen) atoms. The summed E-state index contributed by atoms with van der Waals surface area (Å²) >= 11 is 0. The zero-order valence-electron chi connectivity index (χ0n) is 10.8. The first-order valence-corrected chi connectivity index (χ1v) is 5.82. The van der Waals surface area contributed by atoms with Gasteiger partial charge in [-0.1, -0.05) is 0 Å². The van der Waals surface area contributed by atoms with Crippen molar-refractivity contribution in [3.05, 3.63) is 0 Å². The number of hydrogen-bond acceptors (Lipinski definition) is 8. The molecule has 8 N–H and O–H groups in total. The Labute approximate surface area is 118 Å². The molecule has 0 radical (unpaired) electrons. The number of nitrogens with one attached hydrogen (secondary N) is 2. The van der Waals surface area contributed by atoms with Gasteiger partial charge in [0.2, 0.25) is 0 Å². The van der Waals surface area contributed by atoms with E-state index in [1.807, 2.05) is 0 Å². The molecule has 0 fully saturated rings. The molecule has 0 aliphatic carbocycles. The molecule has 0 aromatic heterocycles. The summed E-state index contributed by atoms with van der Waals surface area (Å²) < 4.78 is 0. The lowest BCUT2D eigenvalue weighted by Gasteiger charge is -2.23. The summed E-state index contributed by atoms with van der Waals surface area (Å²) in [7, 11) is 0. The Bertz CT molecular complexity index is 376. The summed E-state index contributed by atoms with van der Waals surface area (Å²) in [5, 5.41) is 58.1. The minimum atomic E-state index is -2.10. The van der Waals surface area contributed by atoms with Crippen molar-refractivity contribution in [2.24, 2.45) is 0 Å². The van der Waals surface area contributed by atoms with Crippen LogP contribution in [-0.2, 0) is 14.4 Å².